The van der Waals surface area contributed by atoms with Crippen molar-refractivity contribution in [1.82, 2.24) is 5.32 Å². The van der Waals surface area contributed by atoms with Crippen LogP contribution in [0.5, 0.6) is 5.75 Å². The van der Waals surface area contributed by atoms with Gasteiger partial charge in [-0.05, 0) is 38.0 Å². The van der Waals surface area contributed by atoms with Gasteiger partial charge in [-0.25, -0.2) is 0 Å². The molecule has 1 aromatic carbocycles. The fourth-order valence-electron chi connectivity index (χ4n) is 1.90. The molecule has 0 bridgehead atoms. The van der Waals surface area contributed by atoms with Crippen LogP contribution in [0.1, 0.15) is 38.1 Å². The molecule has 1 rings (SSSR count). The summed E-state index contributed by atoms with van der Waals surface area (Å²) in [7, 11) is 0. The third kappa shape index (κ3) is 5.45. The van der Waals surface area contributed by atoms with Crippen molar-refractivity contribution < 1.29 is 19.4 Å². The van der Waals surface area contributed by atoms with Crippen LogP contribution in [0, 0.1) is 11.8 Å². The van der Waals surface area contributed by atoms with Gasteiger partial charge < -0.3 is 15.2 Å². The highest BCUT2D eigenvalue weighted by Gasteiger charge is 2.22. The number of carboxylic acid groups (broad SMARTS) is 1. The average Bonchev–Trinajstić information content (AvgIpc) is 2.37. The Hall–Kier alpha value is -2.04. The Bertz CT molecular complexity index is 497. The first-order valence-electron chi connectivity index (χ1n) is 7.09. The number of benzene rings is 1. The summed E-state index contributed by atoms with van der Waals surface area (Å²) < 4.78 is 5.53. The third-order valence-corrected chi connectivity index (χ3v) is 3.07. The van der Waals surface area contributed by atoms with E-state index in [9.17, 15) is 9.59 Å². The highest BCUT2D eigenvalue weighted by molar-refractivity contribution is 5.94. The summed E-state index contributed by atoms with van der Waals surface area (Å²) in [6.07, 6.45) is 0.0284. The lowest BCUT2D eigenvalue weighted by atomic mass is 9.96. The van der Waals surface area contributed by atoms with Crippen LogP contribution >= 0.6 is 0 Å². The van der Waals surface area contributed by atoms with E-state index in [0.717, 1.165) is 0 Å². The molecule has 1 unspecified atom stereocenters. The van der Waals surface area contributed by atoms with Gasteiger partial charge in [0.1, 0.15) is 5.75 Å². The lowest BCUT2D eigenvalue weighted by Crippen LogP contribution is -2.35. The SMILES string of the molecule is CC(C)Oc1cccc(C(=O)NCC(C(=O)O)C(C)C)c1. The molecule has 0 fully saturated rings. The average molecular weight is 293 g/mol. The number of nitrogens with one attached hydrogen (secondary N) is 1. The minimum absolute atomic E-state index is 0.0284. The van der Waals surface area contributed by atoms with E-state index in [0.29, 0.717) is 11.3 Å². The second-order valence-electron chi connectivity index (χ2n) is 5.59. The number of carbonyl (C=O) groups excluding carboxylic acids is 1. The first kappa shape index (κ1) is 17.0. The van der Waals surface area contributed by atoms with Gasteiger partial charge in [0.05, 0.1) is 12.0 Å². The van der Waals surface area contributed by atoms with Gasteiger partial charge in [0.25, 0.3) is 5.91 Å². The molecule has 0 spiro atoms. The van der Waals surface area contributed by atoms with Crippen molar-refractivity contribution in [3.63, 3.8) is 0 Å². The van der Waals surface area contributed by atoms with Gasteiger partial charge in [-0.1, -0.05) is 19.9 Å². The van der Waals surface area contributed by atoms with Gasteiger partial charge in [-0.15, -0.1) is 0 Å². The van der Waals surface area contributed by atoms with Crippen LogP contribution in [0.25, 0.3) is 0 Å². The standard InChI is InChI=1S/C16H23NO4/c1-10(2)14(16(19)20)9-17-15(18)12-6-5-7-13(8-12)21-11(3)4/h5-8,10-11,14H,9H2,1-4H3,(H,17,18)(H,19,20). The van der Waals surface area contributed by atoms with Crippen molar-refractivity contribution in [2.45, 2.75) is 33.8 Å². The number of aliphatic carboxylic acids is 1. The summed E-state index contributed by atoms with van der Waals surface area (Å²) in [6, 6.07) is 6.85. The highest BCUT2D eigenvalue weighted by Crippen LogP contribution is 2.15. The Morgan fingerprint density at radius 2 is 1.90 bits per heavy atom. The molecule has 0 aliphatic heterocycles. The molecule has 1 atom stereocenters. The Morgan fingerprint density at radius 1 is 1.24 bits per heavy atom. The second kappa shape index (κ2) is 7.67. The van der Waals surface area contributed by atoms with Crippen molar-refractivity contribution in [2.24, 2.45) is 11.8 Å². The first-order valence-corrected chi connectivity index (χ1v) is 7.09. The molecule has 1 amide bonds. The van der Waals surface area contributed by atoms with Crippen molar-refractivity contribution >= 4 is 11.9 Å². The lowest BCUT2D eigenvalue weighted by Gasteiger charge is -2.17. The third-order valence-electron chi connectivity index (χ3n) is 3.07. The van der Waals surface area contributed by atoms with E-state index in [4.69, 9.17) is 9.84 Å². The van der Waals surface area contributed by atoms with E-state index in [1.807, 2.05) is 27.7 Å². The molecule has 0 saturated carbocycles. The Balaban J connectivity index is 2.69. The van der Waals surface area contributed by atoms with Crippen LogP contribution in [0.2, 0.25) is 0 Å². The summed E-state index contributed by atoms with van der Waals surface area (Å²) >= 11 is 0. The molecule has 0 radical (unpaired) electrons. The predicted molar refractivity (Wildman–Crippen MR) is 80.5 cm³/mol. The summed E-state index contributed by atoms with van der Waals surface area (Å²) in [4.78, 5) is 23.2. The van der Waals surface area contributed by atoms with E-state index in [2.05, 4.69) is 5.32 Å². The largest absolute Gasteiger partial charge is 0.491 e. The van der Waals surface area contributed by atoms with Gasteiger partial charge in [0.2, 0.25) is 0 Å². The number of carbonyl (C=O) groups is 2. The van der Waals surface area contributed by atoms with Crippen molar-refractivity contribution in [2.75, 3.05) is 6.54 Å². The molecule has 21 heavy (non-hydrogen) atoms. The smallest absolute Gasteiger partial charge is 0.308 e. The van der Waals surface area contributed by atoms with E-state index in [1.54, 1.807) is 24.3 Å². The maximum atomic E-state index is 12.1. The van der Waals surface area contributed by atoms with Gasteiger partial charge in [-0.3, -0.25) is 9.59 Å². The zero-order valence-corrected chi connectivity index (χ0v) is 12.9. The van der Waals surface area contributed by atoms with Crippen molar-refractivity contribution in [3.8, 4) is 5.75 Å². The maximum absolute atomic E-state index is 12.1. The number of carboxylic acids is 1. The predicted octanol–water partition coefficient (Wildman–Crippen LogP) is 2.56. The van der Waals surface area contributed by atoms with Crippen LogP contribution in [0.3, 0.4) is 0 Å². The van der Waals surface area contributed by atoms with Crippen LogP contribution in [0.4, 0.5) is 0 Å². The quantitative estimate of drug-likeness (QED) is 0.810. The molecule has 0 aliphatic carbocycles. The molecule has 5 heteroatoms. The molecule has 0 heterocycles. The van der Waals surface area contributed by atoms with Crippen LogP contribution < -0.4 is 10.1 Å². The Kier molecular flexibility index (Phi) is 6.21. The van der Waals surface area contributed by atoms with E-state index in [1.165, 1.54) is 0 Å². The van der Waals surface area contributed by atoms with Crippen LogP contribution in [0.15, 0.2) is 24.3 Å². The van der Waals surface area contributed by atoms with Gasteiger partial charge in [0.15, 0.2) is 0 Å². The summed E-state index contributed by atoms with van der Waals surface area (Å²) in [6.45, 7) is 7.57. The summed E-state index contributed by atoms with van der Waals surface area (Å²) in [5.74, 6) is -1.21. The first-order chi connectivity index (χ1) is 9.81. The Labute approximate surface area is 125 Å². The molecule has 0 saturated heterocycles. The van der Waals surface area contributed by atoms with Crippen LogP contribution in [-0.2, 0) is 4.79 Å². The van der Waals surface area contributed by atoms with Crippen LogP contribution in [-0.4, -0.2) is 29.6 Å². The minimum atomic E-state index is -0.901. The number of ether oxygens (including phenoxy) is 1. The number of rotatable bonds is 7. The number of hydrogen-bond donors (Lipinski definition) is 2. The fourth-order valence-corrected chi connectivity index (χ4v) is 1.90. The molecular formula is C16H23NO4. The minimum Gasteiger partial charge on any atom is -0.491 e. The molecule has 116 valence electrons. The molecule has 1 aromatic rings. The van der Waals surface area contributed by atoms with Crippen molar-refractivity contribution in [3.05, 3.63) is 29.8 Å². The van der Waals surface area contributed by atoms with Gasteiger partial charge in [0, 0.05) is 12.1 Å². The fraction of sp³-hybridized carbons (Fsp3) is 0.500. The zero-order valence-electron chi connectivity index (χ0n) is 12.9. The van der Waals surface area contributed by atoms with E-state index >= 15 is 0 Å². The normalized spacial score (nSPS) is 12.3. The molecule has 0 aliphatic rings. The second-order valence-corrected chi connectivity index (χ2v) is 5.59. The highest BCUT2D eigenvalue weighted by atomic mass is 16.5. The lowest BCUT2D eigenvalue weighted by molar-refractivity contribution is -0.142. The molecular weight excluding hydrogens is 270 g/mol. The number of hydrogen-bond acceptors (Lipinski definition) is 3. The topological polar surface area (TPSA) is 75.6 Å². The molecule has 2 N–H and O–H groups in total. The number of amides is 1. The van der Waals surface area contributed by atoms with E-state index in [-0.39, 0.29) is 24.5 Å². The van der Waals surface area contributed by atoms with Gasteiger partial charge in [-0.2, -0.15) is 0 Å². The molecule has 5 nitrogen and oxygen atoms in total. The summed E-state index contributed by atoms with van der Waals surface area (Å²) in [5, 5.41) is 11.8. The van der Waals surface area contributed by atoms with E-state index < -0.39 is 11.9 Å². The maximum Gasteiger partial charge on any atom is 0.308 e. The van der Waals surface area contributed by atoms with Crippen molar-refractivity contribution in [1.29, 1.82) is 0 Å². The zero-order chi connectivity index (χ0) is 16.0. The summed E-state index contributed by atoms with van der Waals surface area (Å²) in [5.41, 5.74) is 0.459. The molecule has 0 aromatic heterocycles. The Morgan fingerprint density at radius 3 is 2.43 bits per heavy atom. The van der Waals surface area contributed by atoms with Gasteiger partial charge >= 0.3 is 5.97 Å². The monoisotopic (exact) mass is 293 g/mol.